The summed E-state index contributed by atoms with van der Waals surface area (Å²) in [5.74, 6) is -0.943. The topological polar surface area (TPSA) is 69.7 Å². The van der Waals surface area contributed by atoms with Crippen LogP contribution < -0.4 is 10.2 Å². The van der Waals surface area contributed by atoms with Gasteiger partial charge in [0.05, 0.1) is 11.8 Å². The number of anilines is 2. The molecule has 0 radical (unpaired) electrons. The molecular weight excluding hydrogens is 402 g/mol. The zero-order valence-electron chi connectivity index (χ0n) is 17.7. The molecule has 2 aromatic rings. The molecule has 6 rings (SSSR count). The van der Waals surface area contributed by atoms with Crippen LogP contribution in [0.1, 0.15) is 17.5 Å². The Morgan fingerprint density at radius 1 is 0.938 bits per heavy atom. The summed E-state index contributed by atoms with van der Waals surface area (Å²) in [6.45, 7) is 1.41. The molecule has 32 heavy (non-hydrogen) atoms. The lowest BCUT2D eigenvalue weighted by Crippen LogP contribution is -2.39. The number of benzene rings is 2. The molecule has 6 nitrogen and oxygen atoms in total. The highest BCUT2D eigenvalue weighted by atomic mass is 16.2. The maximum atomic E-state index is 12.9. The highest BCUT2D eigenvalue weighted by Crippen LogP contribution is 2.52. The van der Waals surface area contributed by atoms with Gasteiger partial charge in [0.15, 0.2) is 0 Å². The van der Waals surface area contributed by atoms with Crippen molar-refractivity contribution in [3.05, 3.63) is 71.8 Å². The lowest BCUT2D eigenvalue weighted by atomic mass is 9.85. The third kappa shape index (κ3) is 2.97. The number of para-hydroxylation sites is 2. The number of allylic oxidation sites excluding steroid dienone is 2. The van der Waals surface area contributed by atoms with E-state index in [0.29, 0.717) is 6.54 Å². The van der Waals surface area contributed by atoms with Crippen molar-refractivity contribution in [2.24, 2.45) is 23.7 Å². The Hall–Kier alpha value is -3.41. The van der Waals surface area contributed by atoms with Crippen molar-refractivity contribution in [1.82, 2.24) is 4.90 Å². The van der Waals surface area contributed by atoms with Gasteiger partial charge in [-0.05, 0) is 47.9 Å². The van der Waals surface area contributed by atoms with E-state index in [1.807, 2.05) is 30.3 Å². The Morgan fingerprint density at radius 3 is 2.41 bits per heavy atom. The maximum absolute atomic E-state index is 12.9. The molecule has 1 N–H and O–H groups in total. The minimum Gasteiger partial charge on any atom is -0.367 e. The van der Waals surface area contributed by atoms with Crippen LogP contribution >= 0.6 is 0 Å². The van der Waals surface area contributed by atoms with Crippen molar-refractivity contribution in [3.63, 3.8) is 0 Å². The van der Waals surface area contributed by atoms with Crippen molar-refractivity contribution in [1.29, 1.82) is 0 Å². The van der Waals surface area contributed by atoms with Gasteiger partial charge in [-0.15, -0.1) is 0 Å². The number of nitrogens with one attached hydrogen (secondary N) is 1. The van der Waals surface area contributed by atoms with Gasteiger partial charge in [-0.2, -0.15) is 0 Å². The number of carbonyl (C=O) groups is 3. The first-order valence-electron chi connectivity index (χ1n) is 11.3. The van der Waals surface area contributed by atoms with Crippen LogP contribution in [-0.2, 0) is 27.3 Å². The quantitative estimate of drug-likeness (QED) is 0.588. The Balaban J connectivity index is 1.15. The SMILES string of the molecule is O=C(CN1C(=O)C2C3C=CC(C3)C2C1=O)Nc1ccccc1CN1CCc2ccccc21. The molecule has 162 valence electrons. The predicted octanol–water partition coefficient (Wildman–Crippen LogP) is 2.99. The summed E-state index contributed by atoms with van der Waals surface area (Å²) in [5.41, 5.74) is 4.31. The molecule has 4 unspecified atom stereocenters. The minimum absolute atomic E-state index is 0.151. The van der Waals surface area contributed by atoms with E-state index in [2.05, 4.69) is 40.6 Å². The number of hydrogen-bond donors (Lipinski definition) is 1. The highest BCUT2D eigenvalue weighted by Gasteiger charge is 2.59. The first-order valence-corrected chi connectivity index (χ1v) is 11.3. The second-order valence-electron chi connectivity index (χ2n) is 9.27. The number of hydrogen-bond acceptors (Lipinski definition) is 4. The van der Waals surface area contributed by atoms with E-state index in [-0.39, 0.29) is 47.9 Å². The van der Waals surface area contributed by atoms with Crippen molar-refractivity contribution < 1.29 is 14.4 Å². The highest BCUT2D eigenvalue weighted by molar-refractivity contribution is 6.09. The molecule has 1 saturated carbocycles. The molecule has 2 heterocycles. The predicted molar refractivity (Wildman–Crippen MR) is 121 cm³/mol. The van der Waals surface area contributed by atoms with Crippen molar-refractivity contribution >= 4 is 29.1 Å². The molecular formula is C26H25N3O3. The average Bonchev–Trinajstić information content (AvgIpc) is 3.56. The Labute approximate surface area is 186 Å². The van der Waals surface area contributed by atoms with Gasteiger partial charge < -0.3 is 10.2 Å². The van der Waals surface area contributed by atoms with Gasteiger partial charge >= 0.3 is 0 Å². The first kappa shape index (κ1) is 19.3. The number of rotatable bonds is 5. The average molecular weight is 428 g/mol. The molecule has 3 amide bonds. The molecule has 2 aliphatic heterocycles. The smallest absolute Gasteiger partial charge is 0.244 e. The zero-order chi connectivity index (χ0) is 21.8. The van der Waals surface area contributed by atoms with Crippen molar-refractivity contribution in [2.45, 2.75) is 19.4 Å². The van der Waals surface area contributed by atoms with Crippen LogP contribution in [0.15, 0.2) is 60.7 Å². The van der Waals surface area contributed by atoms with Gasteiger partial charge in [0.25, 0.3) is 0 Å². The van der Waals surface area contributed by atoms with Gasteiger partial charge in [-0.3, -0.25) is 19.3 Å². The number of imide groups is 1. The summed E-state index contributed by atoms with van der Waals surface area (Å²) < 4.78 is 0. The van der Waals surface area contributed by atoms with Crippen LogP contribution in [0.3, 0.4) is 0 Å². The van der Waals surface area contributed by atoms with E-state index in [9.17, 15) is 14.4 Å². The largest absolute Gasteiger partial charge is 0.367 e. The second-order valence-corrected chi connectivity index (χ2v) is 9.27. The van der Waals surface area contributed by atoms with E-state index in [4.69, 9.17) is 0 Å². The monoisotopic (exact) mass is 427 g/mol. The third-order valence-corrected chi connectivity index (χ3v) is 7.50. The van der Waals surface area contributed by atoms with Crippen LogP contribution in [-0.4, -0.2) is 35.7 Å². The molecule has 1 saturated heterocycles. The number of fused-ring (bicyclic) bond motifs is 6. The van der Waals surface area contributed by atoms with Gasteiger partial charge in [-0.25, -0.2) is 0 Å². The van der Waals surface area contributed by atoms with Crippen LogP contribution in [0.2, 0.25) is 0 Å². The van der Waals surface area contributed by atoms with E-state index in [0.717, 1.165) is 30.6 Å². The van der Waals surface area contributed by atoms with E-state index < -0.39 is 0 Å². The summed E-state index contributed by atoms with van der Waals surface area (Å²) >= 11 is 0. The van der Waals surface area contributed by atoms with E-state index in [1.165, 1.54) is 16.2 Å². The Morgan fingerprint density at radius 2 is 1.62 bits per heavy atom. The summed E-state index contributed by atoms with van der Waals surface area (Å²) in [6, 6.07) is 16.1. The fraction of sp³-hybridized carbons (Fsp3) is 0.346. The molecule has 4 atom stereocenters. The Kier molecular flexibility index (Phi) is 4.42. The van der Waals surface area contributed by atoms with Crippen LogP contribution in [0.25, 0.3) is 0 Å². The second kappa shape index (κ2) is 7.33. The molecule has 2 bridgehead atoms. The van der Waals surface area contributed by atoms with Crippen LogP contribution in [0.5, 0.6) is 0 Å². The summed E-state index contributed by atoms with van der Waals surface area (Å²) in [5, 5.41) is 2.95. The maximum Gasteiger partial charge on any atom is 0.244 e. The number of likely N-dealkylation sites (tertiary alicyclic amines) is 1. The number of carbonyl (C=O) groups excluding carboxylic acids is 3. The fourth-order valence-corrected chi connectivity index (χ4v) is 6.01. The lowest BCUT2D eigenvalue weighted by Gasteiger charge is -2.22. The van der Waals surface area contributed by atoms with Gasteiger partial charge in [-0.1, -0.05) is 48.6 Å². The number of amides is 3. The summed E-state index contributed by atoms with van der Waals surface area (Å²) in [4.78, 5) is 42.1. The normalized spacial score (nSPS) is 27.2. The Bertz CT molecular complexity index is 1130. The number of nitrogens with zero attached hydrogens (tertiary/aromatic N) is 2. The molecule has 6 heteroatoms. The van der Waals surface area contributed by atoms with E-state index in [1.54, 1.807) is 0 Å². The summed E-state index contributed by atoms with van der Waals surface area (Å²) in [6.07, 6.45) is 6.03. The van der Waals surface area contributed by atoms with Gasteiger partial charge in [0.1, 0.15) is 6.54 Å². The molecule has 2 aromatic carbocycles. The van der Waals surface area contributed by atoms with Gasteiger partial charge in [0, 0.05) is 24.5 Å². The molecule has 0 spiro atoms. The van der Waals surface area contributed by atoms with Crippen molar-refractivity contribution in [2.75, 3.05) is 23.3 Å². The zero-order valence-corrected chi connectivity index (χ0v) is 17.7. The molecule has 0 aromatic heterocycles. The van der Waals surface area contributed by atoms with Crippen LogP contribution in [0.4, 0.5) is 11.4 Å². The lowest BCUT2D eigenvalue weighted by molar-refractivity contribution is -0.143. The summed E-state index contributed by atoms with van der Waals surface area (Å²) in [7, 11) is 0. The fourth-order valence-electron chi connectivity index (χ4n) is 6.01. The van der Waals surface area contributed by atoms with Gasteiger partial charge in [0.2, 0.25) is 17.7 Å². The minimum atomic E-state index is -0.332. The molecule has 2 fully saturated rings. The van der Waals surface area contributed by atoms with Crippen LogP contribution in [0, 0.1) is 23.7 Å². The standard InChI is InChI=1S/C26H25N3O3/c30-22(15-29-25(31)23-17-9-10-18(13-17)24(23)26(29)32)27-20-7-3-1-6-19(20)14-28-12-11-16-5-2-4-8-21(16)28/h1-10,17-18,23-24H,11-15H2,(H,27,30). The molecule has 2 aliphatic carbocycles. The van der Waals surface area contributed by atoms with Crippen molar-refractivity contribution in [3.8, 4) is 0 Å². The first-order chi connectivity index (χ1) is 15.6. The molecule has 4 aliphatic rings. The third-order valence-electron chi connectivity index (χ3n) is 7.50. The van der Waals surface area contributed by atoms with E-state index >= 15 is 0 Å².